The van der Waals surface area contributed by atoms with Gasteiger partial charge in [-0.15, -0.1) is 11.3 Å². The van der Waals surface area contributed by atoms with Gasteiger partial charge in [0.2, 0.25) is 0 Å². The molecule has 2 aromatic rings. The van der Waals surface area contributed by atoms with E-state index in [4.69, 9.17) is 28.3 Å². The van der Waals surface area contributed by atoms with Crippen LogP contribution >= 0.6 is 34.5 Å². The minimum Gasteiger partial charge on any atom is -0.478 e. The lowest BCUT2D eigenvalue weighted by molar-refractivity contribution is 0.0697. The Bertz CT molecular complexity index is 616. The van der Waals surface area contributed by atoms with Crippen LogP contribution in [0.1, 0.15) is 28.2 Å². The average Bonchev–Trinajstić information content (AvgIpc) is 2.75. The number of halogens is 2. The van der Waals surface area contributed by atoms with E-state index < -0.39 is 5.97 Å². The monoisotopic (exact) mass is 316 g/mol. The van der Waals surface area contributed by atoms with E-state index in [0.29, 0.717) is 10.2 Å². The van der Waals surface area contributed by atoms with E-state index in [1.807, 2.05) is 19.1 Å². The highest BCUT2D eigenvalue weighted by Gasteiger charge is 2.12. The first-order chi connectivity index (χ1) is 8.95. The van der Waals surface area contributed by atoms with Gasteiger partial charge in [-0.3, -0.25) is 0 Å². The number of aromatic carboxylic acids is 1. The molecule has 1 atom stereocenters. The van der Waals surface area contributed by atoms with Crippen LogP contribution in [0.2, 0.25) is 9.49 Å². The summed E-state index contributed by atoms with van der Waals surface area (Å²) in [6.07, 6.45) is 0. The second-order valence-corrected chi connectivity index (χ2v) is 6.01. The molecule has 7 heteroatoms. The number of nitrogens with zero attached hydrogens (tertiary/aromatic N) is 1. The molecular formula is C12H10Cl2N2O2S. The van der Waals surface area contributed by atoms with Crippen LogP contribution in [0.5, 0.6) is 0 Å². The summed E-state index contributed by atoms with van der Waals surface area (Å²) in [6.45, 7) is 1.94. The summed E-state index contributed by atoms with van der Waals surface area (Å²) in [5.74, 6) is -0.624. The Hall–Kier alpha value is -1.30. The molecular weight excluding hydrogens is 307 g/mol. The fourth-order valence-corrected chi connectivity index (χ4v) is 2.82. The minimum absolute atomic E-state index is 0.0369. The maximum absolute atomic E-state index is 10.9. The second kappa shape index (κ2) is 5.77. The Kier molecular flexibility index (Phi) is 4.29. The Morgan fingerprint density at radius 2 is 2.16 bits per heavy atom. The van der Waals surface area contributed by atoms with Crippen LogP contribution in [-0.2, 0) is 0 Å². The number of pyridine rings is 1. The Balaban J connectivity index is 2.21. The molecule has 0 saturated heterocycles. The van der Waals surface area contributed by atoms with E-state index in [9.17, 15) is 4.79 Å². The van der Waals surface area contributed by atoms with Crippen molar-refractivity contribution in [1.82, 2.24) is 4.98 Å². The third-order valence-electron chi connectivity index (χ3n) is 2.43. The van der Waals surface area contributed by atoms with Gasteiger partial charge in [0, 0.05) is 4.88 Å². The molecule has 0 radical (unpaired) electrons. The molecule has 0 aliphatic rings. The van der Waals surface area contributed by atoms with Crippen molar-refractivity contribution in [3.8, 4) is 0 Å². The minimum atomic E-state index is -1.04. The SMILES string of the molecule is CC(Nc1cc(C(=O)O)cc(Cl)n1)c1ccc(Cl)s1. The number of aromatic nitrogens is 1. The molecule has 19 heavy (non-hydrogen) atoms. The van der Waals surface area contributed by atoms with E-state index in [1.54, 1.807) is 0 Å². The lowest BCUT2D eigenvalue weighted by Crippen LogP contribution is -2.08. The lowest BCUT2D eigenvalue weighted by Gasteiger charge is -2.13. The van der Waals surface area contributed by atoms with Gasteiger partial charge in [0.15, 0.2) is 0 Å². The number of carboxylic acids is 1. The van der Waals surface area contributed by atoms with Crippen LogP contribution in [0.15, 0.2) is 24.3 Å². The van der Waals surface area contributed by atoms with E-state index in [-0.39, 0.29) is 16.8 Å². The molecule has 2 N–H and O–H groups in total. The molecule has 0 bridgehead atoms. The van der Waals surface area contributed by atoms with Crippen LogP contribution in [-0.4, -0.2) is 16.1 Å². The smallest absolute Gasteiger partial charge is 0.335 e. The summed E-state index contributed by atoms with van der Waals surface area (Å²) in [6, 6.07) is 6.44. The highest BCUT2D eigenvalue weighted by atomic mass is 35.5. The quantitative estimate of drug-likeness (QED) is 0.824. The highest BCUT2D eigenvalue weighted by molar-refractivity contribution is 7.16. The number of nitrogens with one attached hydrogen (secondary N) is 1. The number of carboxylic acid groups (broad SMARTS) is 1. The zero-order valence-corrected chi connectivity index (χ0v) is 12.2. The Labute approximate surface area is 124 Å². The number of rotatable bonds is 4. The average molecular weight is 317 g/mol. The molecule has 0 saturated carbocycles. The maximum Gasteiger partial charge on any atom is 0.335 e. The van der Waals surface area contributed by atoms with Crippen LogP contribution in [0.3, 0.4) is 0 Å². The van der Waals surface area contributed by atoms with Crippen molar-refractivity contribution in [3.63, 3.8) is 0 Å². The Morgan fingerprint density at radius 3 is 2.74 bits per heavy atom. The van der Waals surface area contributed by atoms with E-state index >= 15 is 0 Å². The van der Waals surface area contributed by atoms with Gasteiger partial charge in [-0.05, 0) is 31.2 Å². The van der Waals surface area contributed by atoms with Crippen LogP contribution in [0.25, 0.3) is 0 Å². The summed E-state index contributed by atoms with van der Waals surface area (Å²) >= 11 is 13.1. The van der Waals surface area contributed by atoms with Gasteiger partial charge in [0.05, 0.1) is 15.9 Å². The molecule has 100 valence electrons. The number of hydrogen-bond donors (Lipinski definition) is 2. The van der Waals surface area contributed by atoms with Crippen LogP contribution in [0, 0.1) is 0 Å². The molecule has 2 rings (SSSR count). The predicted molar refractivity (Wildman–Crippen MR) is 77.6 cm³/mol. The standard InChI is InChI=1S/C12H10Cl2N2O2S/c1-6(8-2-3-10(14)19-8)15-11-5-7(12(17)18)4-9(13)16-11/h2-6H,1H3,(H,15,16)(H,17,18). The van der Waals surface area contributed by atoms with Gasteiger partial charge >= 0.3 is 5.97 Å². The van der Waals surface area contributed by atoms with Gasteiger partial charge in [0.1, 0.15) is 11.0 Å². The third kappa shape index (κ3) is 3.59. The first-order valence-corrected chi connectivity index (χ1v) is 6.95. The first-order valence-electron chi connectivity index (χ1n) is 5.38. The summed E-state index contributed by atoms with van der Waals surface area (Å²) in [5.41, 5.74) is 0.0962. The second-order valence-electron chi connectivity index (χ2n) is 3.88. The number of carbonyl (C=O) groups is 1. The largest absolute Gasteiger partial charge is 0.478 e. The zero-order chi connectivity index (χ0) is 14.0. The van der Waals surface area contributed by atoms with Crippen molar-refractivity contribution in [2.45, 2.75) is 13.0 Å². The van der Waals surface area contributed by atoms with Crippen molar-refractivity contribution in [2.75, 3.05) is 5.32 Å². The van der Waals surface area contributed by atoms with Crippen molar-refractivity contribution in [1.29, 1.82) is 0 Å². The number of thiophene rings is 1. The first kappa shape index (κ1) is 14.1. The Morgan fingerprint density at radius 1 is 1.42 bits per heavy atom. The molecule has 0 aliphatic heterocycles. The number of hydrogen-bond acceptors (Lipinski definition) is 4. The van der Waals surface area contributed by atoms with E-state index in [1.165, 1.54) is 23.5 Å². The third-order valence-corrected chi connectivity index (χ3v) is 4.03. The molecule has 0 spiro atoms. The summed E-state index contributed by atoms with van der Waals surface area (Å²) in [4.78, 5) is 16.0. The van der Waals surface area contributed by atoms with Crippen molar-refractivity contribution in [3.05, 3.63) is 44.2 Å². The summed E-state index contributed by atoms with van der Waals surface area (Å²) in [7, 11) is 0. The lowest BCUT2D eigenvalue weighted by atomic mass is 10.2. The fourth-order valence-electron chi connectivity index (χ4n) is 1.55. The maximum atomic E-state index is 10.9. The van der Waals surface area contributed by atoms with Crippen LogP contribution < -0.4 is 5.32 Å². The van der Waals surface area contributed by atoms with Gasteiger partial charge in [-0.25, -0.2) is 9.78 Å². The van der Waals surface area contributed by atoms with Crippen molar-refractivity contribution >= 4 is 46.3 Å². The van der Waals surface area contributed by atoms with E-state index in [2.05, 4.69) is 10.3 Å². The van der Waals surface area contributed by atoms with Gasteiger partial charge in [-0.1, -0.05) is 23.2 Å². The zero-order valence-electron chi connectivity index (χ0n) is 9.85. The highest BCUT2D eigenvalue weighted by Crippen LogP contribution is 2.29. The molecule has 0 amide bonds. The van der Waals surface area contributed by atoms with Crippen molar-refractivity contribution < 1.29 is 9.90 Å². The summed E-state index contributed by atoms with van der Waals surface area (Å²) < 4.78 is 0.703. The number of anilines is 1. The van der Waals surface area contributed by atoms with Crippen LogP contribution in [0.4, 0.5) is 5.82 Å². The molecule has 4 nitrogen and oxygen atoms in total. The van der Waals surface area contributed by atoms with E-state index in [0.717, 1.165) is 4.88 Å². The summed E-state index contributed by atoms with van der Waals surface area (Å²) in [5, 5.41) is 12.2. The molecule has 0 aromatic carbocycles. The van der Waals surface area contributed by atoms with Gasteiger partial charge < -0.3 is 10.4 Å². The normalized spacial score (nSPS) is 12.2. The predicted octanol–water partition coefficient (Wildman–Crippen LogP) is 4.32. The van der Waals surface area contributed by atoms with Gasteiger partial charge in [0.25, 0.3) is 0 Å². The molecule has 1 unspecified atom stereocenters. The molecule has 0 fully saturated rings. The van der Waals surface area contributed by atoms with Gasteiger partial charge in [-0.2, -0.15) is 0 Å². The molecule has 2 aromatic heterocycles. The molecule has 0 aliphatic carbocycles. The van der Waals surface area contributed by atoms with Crippen molar-refractivity contribution in [2.24, 2.45) is 0 Å². The topological polar surface area (TPSA) is 62.2 Å². The molecule has 2 heterocycles. The fraction of sp³-hybridized carbons (Fsp3) is 0.167.